The molecule has 0 aliphatic carbocycles. The second kappa shape index (κ2) is 6.23. The fourth-order valence-electron chi connectivity index (χ4n) is 1.61. The molecule has 0 bridgehead atoms. The van der Waals surface area contributed by atoms with Gasteiger partial charge in [0.25, 0.3) is 0 Å². The molecule has 2 heteroatoms. The molecule has 0 aromatic heterocycles. The van der Waals surface area contributed by atoms with E-state index in [4.69, 9.17) is 5.11 Å². The summed E-state index contributed by atoms with van der Waals surface area (Å²) in [4.78, 5) is 10.3. The molecule has 0 spiro atoms. The van der Waals surface area contributed by atoms with Crippen LogP contribution in [0.5, 0.6) is 0 Å². The van der Waals surface area contributed by atoms with Crippen molar-refractivity contribution in [2.75, 3.05) is 0 Å². The smallest absolute Gasteiger partial charge is 0.303 e. The van der Waals surface area contributed by atoms with Gasteiger partial charge in [0.15, 0.2) is 0 Å². The molecular formula is C13H18O2. The molecule has 0 aliphatic rings. The van der Waals surface area contributed by atoms with E-state index in [2.05, 4.69) is 31.2 Å². The minimum Gasteiger partial charge on any atom is -0.481 e. The van der Waals surface area contributed by atoms with Gasteiger partial charge in [0.2, 0.25) is 0 Å². The van der Waals surface area contributed by atoms with Crippen LogP contribution in [0.1, 0.15) is 37.3 Å². The standard InChI is InChI=1S/C13H18O2/c1-2-11-7-5-8-12(10-11)6-3-4-9-13(14)15/h5,7-8,10H,2-4,6,9H2,1H3,(H,14,15). The number of carboxylic acids is 1. The summed E-state index contributed by atoms with van der Waals surface area (Å²) in [5, 5.41) is 8.49. The van der Waals surface area contributed by atoms with Crippen LogP contribution in [-0.4, -0.2) is 11.1 Å². The number of carbonyl (C=O) groups is 1. The van der Waals surface area contributed by atoms with Crippen molar-refractivity contribution in [2.24, 2.45) is 0 Å². The third kappa shape index (κ3) is 4.63. The first-order chi connectivity index (χ1) is 7.22. The van der Waals surface area contributed by atoms with Crippen LogP contribution in [0.25, 0.3) is 0 Å². The van der Waals surface area contributed by atoms with Crippen LogP contribution in [0.2, 0.25) is 0 Å². The molecule has 0 amide bonds. The van der Waals surface area contributed by atoms with Crippen molar-refractivity contribution in [2.45, 2.75) is 39.0 Å². The number of carboxylic acid groups (broad SMARTS) is 1. The van der Waals surface area contributed by atoms with E-state index < -0.39 is 5.97 Å². The Bertz CT molecular complexity index is 318. The highest BCUT2D eigenvalue weighted by Crippen LogP contribution is 2.10. The topological polar surface area (TPSA) is 37.3 Å². The van der Waals surface area contributed by atoms with Gasteiger partial charge in [0.1, 0.15) is 0 Å². The van der Waals surface area contributed by atoms with Gasteiger partial charge in [-0.3, -0.25) is 4.79 Å². The van der Waals surface area contributed by atoms with E-state index in [-0.39, 0.29) is 6.42 Å². The molecule has 1 N–H and O–H groups in total. The maximum absolute atomic E-state index is 10.3. The lowest BCUT2D eigenvalue weighted by molar-refractivity contribution is -0.137. The van der Waals surface area contributed by atoms with Crippen molar-refractivity contribution in [3.8, 4) is 0 Å². The predicted octanol–water partition coefficient (Wildman–Crippen LogP) is 3.05. The molecular weight excluding hydrogens is 188 g/mol. The summed E-state index contributed by atoms with van der Waals surface area (Å²) in [7, 11) is 0. The third-order valence-electron chi connectivity index (χ3n) is 2.51. The van der Waals surface area contributed by atoms with Gasteiger partial charge in [0.05, 0.1) is 0 Å². The van der Waals surface area contributed by atoms with Gasteiger partial charge in [0, 0.05) is 6.42 Å². The number of rotatable bonds is 6. The zero-order valence-electron chi connectivity index (χ0n) is 9.20. The van der Waals surface area contributed by atoms with Crippen molar-refractivity contribution >= 4 is 5.97 Å². The fraction of sp³-hybridized carbons (Fsp3) is 0.462. The summed E-state index contributed by atoms with van der Waals surface area (Å²) in [6, 6.07) is 8.52. The third-order valence-corrected chi connectivity index (χ3v) is 2.51. The zero-order valence-corrected chi connectivity index (χ0v) is 9.20. The van der Waals surface area contributed by atoms with Crippen molar-refractivity contribution in [1.29, 1.82) is 0 Å². The second-order valence-corrected chi connectivity index (χ2v) is 3.77. The van der Waals surface area contributed by atoms with Crippen molar-refractivity contribution < 1.29 is 9.90 Å². The van der Waals surface area contributed by atoms with Crippen LogP contribution in [-0.2, 0) is 17.6 Å². The Morgan fingerprint density at radius 2 is 2.00 bits per heavy atom. The number of aryl methyl sites for hydroxylation is 2. The summed E-state index contributed by atoms with van der Waals surface area (Å²) in [5.74, 6) is -0.697. The van der Waals surface area contributed by atoms with Crippen LogP contribution >= 0.6 is 0 Å². The minimum absolute atomic E-state index is 0.285. The Balaban J connectivity index is 2.33. The summed E-state index contributed by atoms with van der Waals surface area (Å²) >= 11 is 0. The molecule has 15 heavy (non-hydrogen) atoms. The number of aliphatic carboxylic acids is 1. The van der Waals surface area contributed by atoms with E-state index in [0.717, 1.165) is 25.7 Å². The Labute approximate surface area is 90.9 Å². The fourth-order valence-corrected chi connectivity index (χ4v) is 1.61. The molecule has 1 aromatic rings. The monoisotopic (exact) mass is 206 g/mol. The lowest BCUT2D eigenvalue weighted by Gasteiger charge is -2.02. The van der Waals surface area contributed by atoms with Crippen molar-refractivity contribution in [3.05, 3.63) is 35.4 Å². The van der Waals surface area contributed by atoms with E-state index in [1.807, 2.05) is 0 Å². The number of hydrogen-bond donors (Lipinski definition) is 1. The Kier molecular flexibility index (Phi) is 4.88. The summed E-state index contributed by atoms with van der Waals surface area (Å²) in [6.07, 6.45) is 4.06. The largest absolute Gasteiger partial charge is 0.481 e. The molecule has 0 saturated heterocycles. The van der Waals surface area contributed by atoms with Crippen LogP contribution < -0.4 is 0 Å². The molecule has 0 fully saturated rings. The summed E-state index contributed by atoms with van der Waals surface area (Å²) < 4.78 is 0. The van der Waals surface area contributed by atoms with E-state index >= 15 is 0 Å². The summed E-state index contributed by atoms with van der Waals surface area (Å²) in [5.41, 5.74) is 2.67. The zero-order chi connectivity index (χ0) is 11.1. The Hall–Kier alpha value is -1.31. The molecule has 0 saturated carbocycles. The van der Waals surface area contributed by atoms with Gasteiger partial charge in [-0.15, -0.1) is 0 Å². The average molecular weight is 206 g/mol. The van der Waals surface area contributed by atoms with Gasteiger partial charge >= 0.3 is 5.97 Å². The van der Waals surface area contributed by atoms with Crippen molar-refractivity contribution in [3.63, 3.8) is 0 Å². The lowest BCUT2D eigenvalue weighted by Crippen LogP contribution is -1.95. The molecule has 0 radical (unpaired) electrons. The van der Waals surface area contributed by atoms with Gasteiger partial charge in [-0.1, -0.05) is 31.2 Å². The predicted molar refractivity (Wildman–Crippen MR) is 61.0 cm³/mol. The highest BCUT2D eigenvalue weighted by Gasteiger charge is 1.98. The molecule has 82 valence electrons. The maximum Gasteiger partial charge on any atom is 0.303 e. The number of unbranched alkanes of at least 4 members (excludes halogenated alkanes) is 1. The maximum atomic E-state index is 10.3. The first kappa shape index (κ1) is 11.8. The van der Waals surface area contributed by atoms with Crippen LogP contribution in [0.15, 0.2) is 24.3 Å². The van der Waals surface area contributed by atoms with Crippen LogP contribution in [0, 0.1) is 0 Å². The Morgan fingerprint density at radius 3 is 2.67 bits per heavy atom. The normalized spacial score (nSPS) is 10.2. The molecule has 0 heterocycles. The van der Waals surface area contributed by atoms with Gasteiger partial charge in [-0.25, -0.2) is 0 Å². The minimum atomic E-state index is -0.697. The first-order valence-corrected chi connectivity index (χ1v) is 5.52. The molecule has 0 unspecified atom stereocenters. The van der Waals surface area contributed by atoms with E-state index in [1.165, 1.54) is 11.1 Å². The van der Waals surface area contributed by atoms with E-state index in [0.29, 0.717) is 0 Å². The molecule has 0 aliphatic heterocycles. The summed E-state index contributed by atoms with van der Waals surface area (Å²) in [6.45, 7) is 2.14. The second-order valence-electron chi connectivity index (χ2n) is 3.77. The van der Waals surface area contributed by atoms with Crippen LogP contribution in [0.3, 0.4) is 0 Å². The van der Waals surface area contributed by atoms with Crippen molar-refractivity contribution in [1.82, 2.24) is 0 Å². The number of hydrogen-bond acceptors (Lipinski definition) is 1. The highest BCUT2D eigenvalue weighted by atomic mass is 16.4. The molecule has 1 aromatic carbocycles. The first-order valence-electron chi connectivity index (χ1n) is 5.52. The van der Waals surface area contributed by atoms with Gasteiger partial charge in [-0.2, -0.15) is 0 Å². The molecule has 0 atom stereocenters. The quantitative estimate of drug-likeness (QED) is 0.726. The van der Waals surface area contributed by atoms with E-state index in [9.17, 15) is 4.79 Å². The SMILES string of the molecule is CCc1cccc(CCCCC(=O)O)c1. The highest BCUT2D eigenvalue weighted by molar-refractivity contribution is 5.66. The lowest BCUT2D eigenvalue weighted by atomic mass is 10.0. The van der Waals surface area contributed by atoms with Gasteiger partial charge < -0.3 is 5.11 Å². The van der Waals surface area contributed by atoms with E-state index in [1.54, 1.807) is 0 Å². The van der Waals surface area contributed by atoms with Crippen LogP contribution in [0.4, 0.5) is 0 Å². The Morgan fingerprint density at radius 1 is 1.27 bits per heavy atom. The van der Waals surface area contributed by atoms with Gasteiger partial charge in [-0.05, 0) is 36.8 Å². The number of benzene rings is 1. The molecule has 2 nitrogen and oxygen atoms in total. The average Bonchev–Trinajstić information content (AvgIpc) is 2.24. The molecule has 1 rings (SSSR count).